The molecular weight excluding hydrogens is 278 g/mol. The van der Waals surface area contributed by atoms with Gasteiger partial charge in [0.25, 0.3) is 0 Å². The van der Waals surface area contributed by atoms with Crippen molar-refractivity contribution in [3.63, 3.8) is 0 Å². The molecule has 0 spiro atoms. The van der Waals surface area contributed by atoms with Crippen LogP contribution in [0.3, 0.4) is 0 Å². The molecule has 22 heavy (non-hydrogen) atoms. The fourth-order valence-corrected chi connectivity index (χ4v) is 2.61. The van der Waals surface area contributed by atoms with Crippen molar-refractivity contribution in [2.45, 2.75) is 72.1 Å². The van der Waals surface area contributed by atoms with Crippen LogP contribution < -0.4 is 0 Å². The predicted molar refractivity (Wildman–Crippen MR) is 90.8 cm³/mol. The quantitative estimate of drug-likeness (QED) is 0.408. The average molecular weight is 311 g/mol. The molecule has 0 aliphatic heterocycles. The van der Waals surface area contributed by atoms with E-state index in [1.807, 2.05) is 13.8 Å². The fourth-order valence-electron chi connectivity index (χ4n) is 2.61. The van der Waals surface area contributed by atoms with E-state index in [-0.39, 0.29) is 18.2 Å². The van der Waals surface area contributed by atoms with E-state index in [4.69, 9.17) is 5.11 Å². The normalized spacial score (nSPS) is 12.5. The molecule has 1 N–H and O–H groups in total. The molecule has 0 fully saturated rings. The van der Waals surface area contributed by atoms with Gasteiger partial charge in [-0.2, -0.15) is 0 Å². The van der Waals surface area contributed by atoms with Crippen LogP contribution in [0.25, 0.3) is 0 Å². The number of hydrogen-bond acceptors (Lipinski definition) is 2. The first kappa shape index (κ1) is 20.7. The molecule has 0 aromatic heterocycles. The second-order valence-electron chi connectivity index (χ2n) is 5.68. The first-order valence-electron chi connectivity index (χ1n) is 8.72. The molecule has 1 unspecified atom stereocenters. The van der Waals surface area contributed by atoms with E-state index in [0.717, 1.165) is 32.1 Å². The van der Waals surface area contributed by atoms with E-state index >= 15 is 0 Å². The molecule has 4 heteroatoms. The average Bonchev–Trinajstić information content (AvgIpc) is 2.49. The Morgan fingerprint density at radius 3 is 2.18 bits per heavy atom. The molecule has 0 aliphatic carbocycles. The molecule has 128 valence electrons. The third kappa shape index (κ3) is 9.59. The van der Waals surface area contributed by atoms with Gasteiger partial charge in [0, 0.05) is 19.0 Å². The Hall–Kier alpha value is -1.32. The number of aliphatic carboxylic acids is 1. The van der Waals surface area contributed by atoms with Crippen LogP contribution in [0.2, 0.25) is 0 Å². The fraction of sp³-hybridized carbons (Fsp3) is 0.778. The zero-order chi connectivity index (χ0) is 16.8. The van der Waals surface area contributed by atoms with Gasteiger partial charge >= 0.3 is 5.97 Å². The van der Waals surface area contributed by atoms with Crippen LogP contribution in [-0.4, -0.2) is 35.0 Å². The zero-order valence-electron chi connectivity index (χ0n) is 14.5. The molecule has 0 radical (unpaired) electrons. The summed E-state index contributed by atoms with van der Waals surface area (Å²) >= 11 is 0. The van der Waals surface area contributed by atoms with Gasteiger partial charge in [-0.25, -0.2) is 0 Å². The number of hydrogen-bond donors (Lipinski definition) is 1. The van der Waals surface area contributed by atoms with Gasteiger partial charge in [0.2, 0.25) is 5.91 Å². The lowest BCUT2D eigenvalue weighted by Crippen LogP contribution is -2.36. The number of rotatable bonds is 13. The van der Waals surface area contributed by atoms with E-state index in [1.165, 1.54) is 6.42 Å². The highest BCUT2D eigenvalue weighted by Crippen LogP contribution is 2.18. The molecule has 1 atom stereocenters. The van der Waals surface area contributed by atoms with E-state index in [0.29, 0.717) is 19.5 Å². The minimum absolute atomic E-state index is 0.00159. The van der Waals surface area contributed by atoms with Crippen molar-refractivity contribution < 1.29 is 14.7 Å². The largest absolute Gasteiger partial charge is 0.481 e. The lowest BCUT2D eigenvalue weighted by atomic mass is 9.95. The summed E-state index contributed by atoms with van der Waals surface area (Å²) in [5.74, 6) is -1.24. The maximum atomic E-state index is 12.3. The van der Waals surface area contributed by atoms with Gasteiger partial charge in [0.1, 0.15) is 0 Å². The number of amides is 1. The van der Waals surface area contributed by atoms with E-state index < -0.39 is 5.97 Å². The van der Waals surface area contributed by atoms with Crippen molar-refractivity contribution in [1.29, 1.82) is 0 Å². The Balaban J connectivity index is 4.12. The van der Waals surface area contributed by atoms with Gasteiger partial charge in [-0.1, -0.05) is 38.3 Å². The van der Waals surface area contributed by atoms with Crippen molar-refractivity contribution in [3.05, 3.63) is 12.2 Å². The number of carboxylic acid groups (broad SMARTS) is 1. The number of nitrogens with zero attached hydrogens (tertiary/aromatic N) is 1. The van der Waals surface area contributed by atoms with Crippen molar-refractivity contribution in [2.24, 2.45) is 5.92 Å². The summed E-state index contributed by atoms with van der Waals surface area (Å²) in [5, 5.41) is 9.00. The standard InChI is InChI=1S/C18H33NO3/c1-4-7-8-9-10-11-12-13-14-16(15-17(20)21)18(22)19(5-2)6-3/h7-8,16H,4-6,9-15H2,1-3H3,(H,20,21)/b8-7+. The molecule has 0 saturated heterocycles. The highest BCUT2D eigenvalue weighted by Gasteiger charge is 2.24. The Morgan fingerprint density at radius 1 is 1.00 bits per heavy atom. The maximum absolute atomic E-state index is 12.3. The van der Waals surface area contributed by atoms with E-state index in [1.54, 1.807) is 4.90 Å². The van der Waals surface area contributed by atoms with E-state index in [9.17, 15) is 9.59 Å². The van der Waals surface area contributed by atoms with Crippen LogP contribution in [0.4, 0.5) is 0 Å². The summed E-state index contributed by atoms with van der Waals surface area (Å²) in [6.45, 7) is 7.29. The van der Waals surface area contributed by atoms with Crippen LogP contribution in [-0.2, 0) is 9.59 Å². The first-order valence-corrected chi connectivity index (χ1v) is 8.72. The lowest BCUT2D eigenvalue weighted by molar-refractivity contribution is -0.144. The maximum Gasteiger partial charge on any atom is 0.304 e. The predicted octanol–water partition coefficient (Wildman–Crippen LogP) is 4.25. The highest BCUT2D eigenvalue weighted by atomic mass is 16.4. The molecule has 0 saturated carbocycles. The first-order chi connectivity index (χ1) is 10.6. The third-order valence-corrected chi connectivity index (χ3v) is 3.92. The molecule has 0 heterocycles. The third-order valence-electron chi connectivity index (χ3n) is 3.92. The van der Waals surface area contributed by atoms with Gasteiger partial charge < -0.3 is 10.0 Å². The van der Waals surface area contributed by atoms with Crippen LogP contribution in [0, 0.1) is 5.92 Å². The molecular formula is C18H33NO3. The number of allylic oxidation sites excluding steroid dienone is 2. The Morgan fingerprint density at radius 2 is 1.64 bits per heavy atom. The number of carbonyl (C=O) groups excluding carboxylic acids is 1. The molecule has 0 aromatic carbocycles. The Kier molecular flexibility index (Phi) is 12.5. The summed E-state index contributed by atoms with van der Waals surface area (Å²) in [5.41, 5.74) is 0. The second-order valence-corrected chi connectivity index (χ2v) is 5.68. The van der Waals surface area contributed by atoms with Gasteiger partial charge in [0.15, 0.2) is 0 Å². The van der Waals surface area contributed by atoms with Crippen LogP contribution in [0.1, 0.15) is 72.1 Å². The smallest absolute Gasteiger partial charge is 0.304 e. The molecule has 0 aliphatic rings. The zero-order valence-corrected chi connectivity index (χ0v) is 14.5. The van der Waals surface area contributed by atoms with Crippen molar-refractivity contribution in [1.82, 2.24) is 4.90 Å². The Bertz CT molecular complexity index is 335. The van der Waals surface area contributed by atoms with Crippen LogP contribution in [0.15, 0.2) is 12.2 Å². The molecule has 0 aromatic rings. The number of unbranched alkanes of at least 4 members (excludes halogenated alkanes) is 4. The summed E-state index contributed by atoms with van der Waals surface area (Å²) < 4.78 is 0. The minimum atomic E-state index is -0.879. The van der Waals surface area contributed by atoms with Crippen LogP contribution in [0.5, 0.6) is 0 Å². The monoisotopic (exact) mass is 311 g/mol. The minimum Gasteiger partial charge on any atom is -0.481 e. The molecule has 0 bridgehead atoms. The molecule has 4 nitrogen and oxygen atoms in total. The highest BCUT2D eigenvalue weighted by molar-refractivity contribution is 5.83. The summed E-state index contributed by atoms with van der Waals surface area (Å²) in [6.07, 6.45) is 11.6. The summed E-state index contributed by atoms with van der Waals surface area (Å²) in [4.78, 5) is 25.0. The Labute approximate surface area is 135 Å². The topological polar surface area (TPSA) is 57.6 Å². The lowest BCUT2D eigenvalue weighted by Gasteiger charge is -2.24. The van der Waals surface area contributed by atoms with Gasteiger partial charge in [-0.15, -0.1) is 0 Å². The molecule has 1 amide bonds. The van der Waals surface area contributed by atoms with Gasteiger partial charge in [-0.05, 0) is 39.5 Å². The number of carboxylic acids is 1. The number of carbonyl (C=O) groups is 2. The van der Waals surface area contributed by atoms with Gasteiger partial charge in [0.05, 0.1) is 6.42 Å². The van der Waals surface area contributed by atoms with Gasteiger partial charge in [-0.3, -0.25) is 9.59 Å². The van der Waals surface area contributed by atoms with Crippen molar-refractivity contribution >= 4 is 11.9 Å². The summed E-state index contributed by atoms with van der Waals surface area (Å²) in [7, 11) is 0. The second kappa shape index (κ2) is 13.4. The van der Waals surface area contributed by atoms with Crippen molar-refractivity contribution in [3.8, 4) is 0 Å². The van der Waals surface area contributed by atoms with Crippen LogP contribution >= 0.6 is 0 Å². The van der Waals surface area contributed by atoms with E-state index in [2.05, 4.69) is 19.1 Å². The van der Waals surface area contributed by atoms with Crippen molar-refractivity contribution in [2.75, 3.05) is 13.1 Å². The molecule has 0 rings (SSSR count). The SMILES string of the molecule is CC/C=C/CCCCCCC(CC(=O)O)C(=O)N(CC)CC. The summed E-state index contributed by atoms with van der Waals surface area (Å²) in [6, 6.07) is 0.